The van der Waals surface area contributed by atoms with E-state index in [0.29, 0.717) is 10.8 Å². The highest BCUT2D eigenvalue weighted by Crippen LogP contribution is 2.30. The summed E-state index contributed by atoms with van der Waals surface area (Å²) in [6.45, 7) is 4.10. The molecule has 0 saturated heterocycles. The van der Waals surface area contributed by atoms with E-state index >= 15 is 0 Å². The molecule has 2 aromatic rings. The lowest BCUT2D eigenvalue weighted by molar-refractivity contribution is 0.101. The van der Waals surface area contributed by atoms with Gasteiger partial charge in [0, 0.05) is 27.6 Å². The van der Waals surface area contributed by atoms with Gasteiger partial charge >= 0.3 is 0 Å². The molecule has 1 atom stereocenters. The van der Waals surface area contributed by atoms with Gasteiger partial charge in [-0.1, -0.05) is 0 Å². The van der Waals surface area contributed by atoms with Crippen molar-refractivity contribution in [2.45, 2.75) is 45.2 Å². The van der Waals surface area contributed by atoms with Crippen LogP contribution in [0.2, 0.25) is 0 Å². The summed E-state index contributed by atoms with van der Waals surface area (Å²) in [6, 6.07) is 2.26. The first-order chi connectivity index (χ1) is 10.4. The molecule has 0 fully saturated rings. The van der Waals surface area contributed by atoms with E-state index in [1.165, 1.54) is 16.2 Å². The lowest BCUT2D eigenvalue weighted by Crippen LogP contribution is -2.27. The highest BCUT2D eigenvalue weighted by atomic mass is 79.9. The van der Waals surface area contributed by atoms with Gasteiger partial charge in [0.05, 0.1) is 5.69 Å². The van der Waals surface area contributed by atoms with Crippen LogP contribution in [0.25, 0.3) is 0 Å². The Hall–Kier alpha value is -1.18. The van der Waals surface area contributed by atoms with Crippen LogP contribution >= 0.6 is 27.3 Å². The Morgan fingerprint density at radius 2 is 2.36 bits per heavy atom. The molecule has 3 rings (SSSR count). The van der Waals surface area contributed by atoms with Gasteiger partial charge < -0.3 is 10.3 Å². The third kappa shape index (κ3) is 3.11. The van der Waals surface area contributed by atoms with Gasteiger partial charge in [-0.25, -0.2) is 4.98 Å². The van der Waals surface area contributed by atoms with E-state index in [0.717, 1.165) is 29.4 Å². The van der Waals surface area contributed by atoms with E-state index in [1.807, 2.05) is 30.7 Å². The predicted octanol–water partition coefficient (Wildman–Crippen LogP) is 3.36. The van der Waals surface area contributed by atoms with E-state index in [-0.39, 0.29) is 18.0 Å². The number of nitrogens with zero attached hydrogens (tertiary/aromatic N) is 2. The van der Waals surface area contributed by atoms with Crippen LogP contribution < -0.4 is 11.1 Å². The molecular formula is C15H19BrN4OS. The van der Waals surface area contributed by atoms with E-state index in [2.05, 4.69) is 26.2 Å². The minimum absolute atomic E-state index is 0.130. The van der Waals surface area contributed by atoms with Crippen LogP contribution in [0.15, 0.2) is 16.7 Å². The van der Waals surface area contributed by atoms with Crippen molar-refractivity contribution in [2.75, 3.05) is 5.32 Å². The molecule has 22 heavy (non-hydrogen) atoms. The van der Waals surface area contributed by atoms with Crippen LogP contribution in [0.1, 0.15) is 47.4 Å². The van der Waals surface area contributed by atoms with E-state index < -0.39 is 0 Å². The number of rotatable bonds is 3. The van der Waals surface area contributed by atoms with Crippen LogP contribution in [-0.4, -0.2) is 21.5 Å². The first kappa shape index (κ1) is 15.7. The van der Waals surface area contributed by atoms with Gasteiger partial charge in [0.15, 0.2) is 5.13 Å². The minimum Gasteiger partial charge on any atom is -0.340 e. The lowest BCUT2D eigenvalue weighted by Gasteiger charge is -2.15. The van der Waals surface area contributed by atoms with Crippen molar-refractivity contribution in [3.05, 3.63) is 33.0 Å². The van der Waals surface area contributed by atoms with Gasteiger partial charge in [0.1, 0.15) is 5.69 Å². The maximum atomic E-state index is 12.5. The summed E-state index contributed by atoms with van der Waals surface area (Å²) >= 11 is 4.97. The van der Waals surface area contributed by atoms with Crippen LogP contribution in [0, 0.1) is 0 Å². The smallest absolute Gasteiger partial charge is 0.274 e. The standard InChI is InChI=1S/C15H19BrN4OS/c1-8(2)20-7-9(16)5-12(20)14(21)19-15-18-11-4-3-10(17)6-13(11)22-15/h5,7-8,10H,3-4,6,17H2,1-2H3,(H,18,19,21)/t10-/m0/s1. The van der Waals surface area contributed by atoms with Crippen LogP contribution in [0.5, 0.6) is 0 Å². The second-order valence-corrected chi connectivity index (χ2v) is 7.89. The van der Waals surface area contributed by atoms with Crippen molar-refractivity contribution >= 4 is 38.3 Å². The summed E-state index contributed by atoms with van der Waals surface area (Å²) in [4.78, 5) is 18.3. The number of thiazole rings is 1. The molecule has 2 heterocycles. The number of carbonyl (C=O) groups is 1. The molecule has 118 valence electrons. The summed E-state index contributed by atoms with van der Waals surface area (Å²) in [5, 5.41) is 3.59. The van der Waals surface area contributed by atoms with Gasteiger partial charge in [-0.15, -0.1) is 11.3 Å². The topological polar surface area (TPSA) is 72.9 Å². The maximum Gasteiger partial charge on any atom is 0.274 e. The molecule has 1 aliphatic carbocycles. The zero-order valence-corrected chi connectivity index (χ0v) is 15.0. The van der Waals surface area contributed by atoms with Crippen molar-refractivity contribution in [1.29, 1.82) is 0 Å². The quantitative estimate of drug-likeness (QED) is 0.854. The van der Waals surface area contributed by atoms with Gasteiger partial charge in [-0.3, -0.25) is 10.1 Å². The number of nitrogens with two attached hydrogens (primary N) is 1. The summed E-state index contributed by atoms with van der Waals surface area (Å²) in [5.74, 6) is -0.130. The number of fused-ring (bicyclic) bond motifs is 1. The molecule has 1 aliphatic rings. The van der Waals surface area contributed by atoms with Gasteiger partial charge in [0.2, 0.25) is 0 Å². The van der Waals surface area contributed by atoms with Crippen LogP contribution in [0.3, 0.4) is 0 Å². The second kappa shape index (κ2) is 6.14. The fraction of sp³-hybridized carbons (Fsp3) is 0.467. The van der Waals surface area contributed by atoms with Crippen molar-refractivity contribution in [1.82, 2.24) is 9.55 Å². The molecule has 2 aromatic heterocycles. The number of amides is 1. The zero-order valence-electron chi connectivity index (χ0n) is 12.6. The number of anilines is 1. The Balaban J connectivity index is 1.80. The molecule has 0 spiro atoms. The summed E-state index contributed by atoms with van der Waals surface area (Å²) in [7, 11) is 0. The molecule has 0 unspecified atom stereocenters. The van der Waals surface area contributed by atoms with Crippen molar-refractivity contribution in [3.8, 4) is 0 Å². The largest absolute Gasteiger partial charge is 0.340 e. The Morgan fingerprint density at radius 3 is 3.09 bits per heavy atom. The number of carbonyl (C=O) groups excluding carboxylic acids is 1. The minimum atomic E-state index is -0.130. The molecule has 3 N–H and O–H groups in total. The number of aryl methyl sites for hydroxylation is 1. The fourth-order valence-electron chi connectivity index (χ4n) is 2.67. The number of hydrogen-bond donors (Lipinski definition) is 2. The fourth-order valence-corrected chi connectivity index (χ4v) is 4.20. The Labute approximate surface area is 142 Å². The Bertz CT molecular complexity index is 706. The average Bonchev–Trinajstić information content (AvgIpc) is 3.01. The maximum absolute atomic E-state index is 12.5. The molecule has 5 nitrogen and oxygen atoms in total. The van der Waals surface area contributed by atoms with Crippen LogP contribution in [-0.2, 0) is 12.8 Å². The number of halogens is 1. The molecular weight excluding hydrogens is 364 g/mol. The van der Waals surface area contributed by atoms with Gasteiger partial charge in [-0.2, -0.15) is 0 Å². The molecule has 0 aromatic carbocycles. The lowest BCUT2D eigenvalue weighted by atomic mass is 9.99. The van der Waals surface area contributed by atoms with Crippen molar-refractivity contribution < 1.29 is 4.79 Å². The number of nitrogens with one attached hydrogen (secondary N) is 1. The van der Waals surface area contributed by atoms with Gasteiger partial charge in [-0.05, 0) is 55.1 Å². The average molecular weight is 383 g/mol. The first-order valence-corrected chi connectivity index (χ1v) is 8.98. The molecule has 0 bridgehead atoms. The third-order valence-corrected chi connectivity index (χ3v) is 5.27. The normalized spacial score (nSPS) is 17.6. The third-order valence-electron chi connectivity index (χ3n) is 3.80. The molecule has 0 radical (unpaired) electrons. The molecule has 7 heteroatoms. The van der Waals surface area contributed by atoms with E-state index in [9.17, 15) is 4.79 Å². The van der Waals surface area contributed by atoms with Crippen LogP contribution in [0.4, 0.5) is 5.13 Å². The monoisotopic (exact) mass is 382 g/mol. The zero-order chi connectivity index (χ0) is 15.9. The molecule has 0 saturated carbocycles. The second-order valence-electron chi connectivity index (χ2n) is 5.89. The van der Waals surface area contributed by atoms with E-state index in [1.54, 1.807) is 0 Å². The highest BCUT2D eigenvalue weighted by molar-refractivity contribution is 9.10. The molecule has 0 aliphatic heterocycles. The van der Waals surface area contributed by atoms with Crippen molar-refractivity contribution in [3.63, 3.8) is 0 Å². The SMILES string of the molecule is CC(C)n1cc(Br)cc1C(=O)Nc1nc2c(s1)C[C@@H](N)CC2. The highest BCUT2D eigenvalue weighted by Gasteiger charge is 2.22. The molecule has 1 amide bonds. The summed E-state index contributed by atoms with van der Waals surface area (Å²) in [5.41, 5.74) is 7.71. The summed E-state index contributed by atoms with van der Waals surface area (Å²) in [6.07, 6.45) is 4.65. The Kier molecular flexibility index (Phi) is 4.38. The van der Waals surface area contributed by atoms with Crippen molar-refractivity contribution in [2.24, 2.45) is 5.73 Å². The first-order valence-electron chi connectivity index (χ1n) is 7.37. The van der Waals surface area contributed by atoms with Gasteiger partial charge in [0.25, 0.3) is 5.91 Å². The Morgan fingerprint density at radius 1 is 1.59 bits per heavy atom. The predicted molar refractivity (Wildman–Crippen MR) is 92.6 cm³/mol. The summed E-state index contributed by atoms with van der Waals surface area (Å²) < 4.78 is 2.85. The number of aromatic nitrogens is 2. The number of hydrogen-bond acceptors (Lipinski definition) is 4. The van der Waals surface area contributed by atoms with E-state index in [4.69, 9.17) is 5.73 Å².